The predicted molar refractivity (Wildman–Crippen MR) is 135 cm³/mol. The van der Waals surface area contributed by atoms with Crippen LogP contribution in [0.5, 0.6) is 23.0 Å². The Morgan fingerprint density at radius 1 is 0.771 bits per heavy atom. The summed E-state index contributed by atoms with van der Waals surface area (Å²) in [5.74, 6) is 3.41. The Morgan fingerprint density at radius 3 is 2.06 bits per heavy atom. The van der Waals surface area contributed by atoms with E-state index in [4.69, 9.17) is 18.9 Å². The van der Waals surface area contributed by atoms with Crippen LogP contribution in [0, 0.1) is 0 Å². The van der Waals surface area contributed by atoms with E-state index < -0.39 is 0 Å². The molecule has 3 aliphatic rings. The smallest absolute Gasteiger partial charge is 0.223 e. The van der Waals surface area contributed by atoms with E-state index in [-0.39, 0.29) is 24.0 Å². The average Bonchev–Trinajstić information content (AvgIpc) is 3.64. The third kappa shape index (κ3) is 5.52. The molecule has 2 aromatic rings. The third-order valence-electron chi connectivity index (χ3n) is 7.67. The van der Waals surface area contributed by atoms with Crippen LogP contribution >= 0.6 is 0 Å². The fourth-order valence-corrected chi connectivity index (χ4v) is 5.69. The quantitative estimate of drug-likeness (QED) is 0.451. The summed E-state index contributed by atoms with van der Waals surface area (Å²) in [5, 5.41) is 0. The van der Waals surface area contributed by atoms with Crippen LogP contribution < -0.4 is 18.9 Å². The van der Waals surface area contributed by atoms with E-state index in [0.717, 1.165) is 59.8 Å². The van der Waals surface area contributed by atoms with Crippen molar-refractivity contribution in [1.82, 2.24) is 4.90 Å². The number of likely N-dealkylation sites (tertiary alicyclic amines) is 1. The van der Waals surface area contributed by atoms with E-state index in [1.165, 1.54) is 25.7 Å². The molecular formula is C29H37NO5. The summed E-state index contributed by atoms with van der Waals surface area (Å²) in [7, 11) is 3.35. The number of ether oxygens (including phenoxy) is 4. The topological polar surface area (TPSA) is 57.2 Å². The zero-order chi connectivity index (χ0) is 24.2. The van der Waals surface area contributed by atoms with Gasteiger partial charge in [0, 0.05) is 25.4 Å². The fourth-order valence-electron chi connectivity index (χ4n) is 5.69. The number of methoxy groups -OCH3 is 2. The molecule has 2 aliphatic carbocycles. The zero-order valence-electron chi connectivity index (χ0n) is 21.0. The SMILES string of the molecule is COc1cc(CN2CC(c3ccc(OC)c(OC4CCCC4)c3)CC2=O)ccc1OC1CCCC1. The van der Waals surface area contributed by atoms with Crippen molar-refractivity contribution >= 4 is 5.91 Å². The highest BCUT2D eigenvalue weighted by Gasteiger charge is 2.32. The monoisotopic (exact) mass is 479 g/mol. The fraction of sp³-hybridized carbons (Fsp3) is 0.552. The predicted octanol–water partition coefficient (Wildman–Crippen LogP) is 5.86. The van der Waals surface area contributed by atoms with Gasteiger partial charge in [0.25, 0.3) is 0 Å². The number of benzene rings is 2. The molecule has 0 aromatic heterocycles. The number of carbonyl (C=O) groups is 1. The second-order valence-corrected chi connectivity index (χ2v) is 10.1. The molecule has 1 heterocycles. The van der Waals surface area contributed by atoms with Crippen molar-refractivity contribution in [3.63, 3.8) is 0 Å². The van der Waals surface area contributed by atoms with E-state index in [1.54, 1.807) is 14.2 Å². The molecule has 6 heteroatoms. The standard InChI is InChI=1S/C29H37NO5/c1-32-25-14-12-21(16-28(25)35-24-9-5-6-10-24)22-17-29(31)30(19-22)18-20-11-13-26(27(15-20)33-2)34-23-7-3-4-8-23/h11-16,22-24H,3-10,17-19H2,1-2H3. The van der Waals surface area contributed by atoms with Gasteiger partial charge in [-0.15, -0.1) is 0 Å². The van der Waals surface area contributed by atoms with Crippen LogP contribution in [-0.4, -0.2) is 43.8 Å². The number of hydrogen-bond acceptors (Lipinski definition) is 5. The van der Waals surface area contributed by atoms with Crippen molar-refractivity contribution in [3.8, 4) is 23.0 Å². The zero-order valence-corrected chi connectivity index (χ0v) is 21.0. The van der Waals surface area contributed by atoms with Crippen LogP contribution in [0.4, 0.5) is 0 Å². The Labute approximate surface area is 208 Å². The van der Waals surface area contributed by atoms with E-state index in [0.29, 0.717) is 19.5 Å². The van der Waals surface area contributed by atoms with Crippen molar-refractivity contribution < 1.29 is 23.7 Å². The number of nitrogens with zero attached hydrogens (tertiary/aromatic N) is 1. The molecule has 2 aromatic carbocycles. The first-order chi connectivity index (χ1) is 17.1. The van der Waals surface area contributed by atoms with Gasteiger partial charge in [0.05, 0.1) is 26.4 Å². The van der Waals surface area contributed by atoms with E-state index in [2.05, 4.69) is 12.1 Å². The first kappa shape index (κ1) is 23.8. The van der Waals surface area contributed by atoms with Gasteiger partial charge in [0.2, 0.25) is 5.91 Å². The van der Waals surface area contributed by atoms with Gasteiger partial charge in [-0.25, -0.2) is 0 Å². The highest BCUT2D eigenvalue weighted by Crippen LogP contribution is 2.38. The highest BCUT2D eigenvalue weighted by atomic mass is 16.5. The van der Waals surface area contributed by atoms with E-state index in [1.807, 2.05) is 29.2 Å². The molecule has 0 N–H and O–H groups in total. The Morgan fingerprint density at radius 2 is 1.40 bits per heavy atom. The van der Waals surface area contributed by atoms with Gasteiger partial charge < -0.3 is 23.8 Å². The lowest BCUT2D eigenvalue weighted by Gasteiger charge is -2.20. The molecule has 5 rings (SSSR count). The number of hydrogen-bond donors (Lipinski definition) is 0. The average molecular weight is 480 g/mol. The summed E-state index contributed by atoms with van der Waals surface area (Å²) in [6.45, 7) is 1.26. The molecule has 188 valence electrons. The molecule has 0 bridgehead atoms. The first-order valence-corrected chi connectivity index (χ1v) is 13.1. The van der Waals surface area contributed by atoms with Crippen LogP contribution in [0.3, 0.4) is 0 Å². The van der Waals surface area contributed by atoms with Gasteiger partial charge in [-0.2, -0.15) is 0 Å². The summed E-state index contributed by atoms with van der Waals surface area (Å²) in [6.07, 6.45) is 10.3. The largest absolute Gasteiger partial charge is 0.493 e. The van der Waals surface area contributed by atoms with Crippen molar-refractivity contribution in [2.24, 2.45) is 0 Å². The molecule has 2 saturated carbocycles. The molecule has 1 saturated heterocycles. The lowest BCUT2D eigenvalue weighted by atomic mass is 9.98. The van der Waals surface area contributed by atoms with Crippen LogP contribution in [0.1, 0.15) is 74.8 Å². The van der Waals surface area contributed by atoms with Gasteiger partial charge in [0.1, 0.15) is 0 Å². The summed E-state index contributed by atoms with van der Waals surface area (Å²) >= 11 is 0. The maximum atomic E-state index is 12.9. The summed E-state index contributed by atoms with van der Waals surface area (Å²) < 4.78 is 23.6. The van der Waals surface area contributed by atoms with Gasteiger partial charge in [0.15, 0.2) is 23.0 Å². The minimum absolute atomic E-state index is 0.145. The van der Waals surface area contributed by atoms with Gasteiger partial charge in [-0.05, 0) is 86.8 Å². The first-order valence-electron chi connectivity index (χ1n) is 13.1. The molecule has 1 aliphatic heterocycles. The van der Waals surface area contributed by atoms with Crippen molar-refractivity contribution in [2.45, 2.75) is 82.5 Å². The van der Waals surface area contributed by atoms with Crippen LogP contribution in [0.2, 0.25) is 0 Å². The van der Waals surface area contributed by atoms with E-state index in [9.17, 15) is 4.79 Å². The molecule has 6 nitrogen and oxygen atoms in total. The highest BCUT2D eigenvalue weighted by molar-refractivity contribution is 5.80. The van der Waals surface area contributed by atoms with Crippen molar-refractivity contribution in [1.29, 1.82) is 0 Å². The lowest BCUT2D eigenvalue weighted by Crippen LogP contribution is -2.24. The van der Waals surface area contributed by atoms with Gasteiger partial charge >= 0.3 is 0 Å². The number of rotatable bonds is 9. The minimum Gasteiger partial charge on any atom is -0.493 e. The van der Waals surface area contributed by atoms with E-state index >= 15 is 0 Å². The molecular weight excluding hydrogens is 442 g/mol. The summed E-state index contributed by atoms with van der Waals surface area (Å²) in [5.41, 5.74) is 2.18. The van der Waals surface area contributed by atoms with Crippen molar-refractivity contribution in [2.75, 3.05) is 20.8 Å². The Bertz CT molecular complexity index is 1030. The summed E-state index contributed by atoms with van der Waals surface area (Å²) in [6, 6.07) is 12.2. The second-order valence-electron chi connectivity index (χ2n) is 10.1. The number of carbonyl (C=O) groups excluding carboxylic acids is 1. The Hall–Kier alpha value is -2.89. The van der Waals surface area contributed by atoms with Crippen LogP contribution in [-0.2, 0) is 11.3 Å². The molecule has 1 amide bonds. The number of amides is 1. The normalized spacial score (nSPS) is 21.0. The maximum absolute atomic E-state index is 12.9. The molecule has 1 unspecified atom stereocenters. The molecule has 35 heavy (non-hydrogen) atoms. The Kier molecular flexibility index (Phi) is 7.35. The molecule has 0 radical (unpaired) electrons. The van der Waals surface area contributed by atoms with Crippen molar-refractivity contribution in [3.05, 3.63) is 47.5 Å². The van der Waals surface area contributed by atoms with Crippen LogP contribution in [0.15, 0.2) is 36.4 Å². The van der Waals surface area contributed by atoms with Crippen LogP contribution in [0.25, 0.3) is 0 Å². The maximum Gasteiger partial charge on any atom is 0.223 e. The lowest BCUT2D eigenvalue weighted by molar-refractivity contribution is -0.128. The second kappa shape index (κ2) is 10.8. The Balaban J connectivity index is 1.26. The molecule has 3 fully saturated rings. The third-order valence-corrected chi connectivity index (χ3v) is 7.67. The summed E-state index contributed by atoms with van der Waals surface area (Å²) in [4.78, 5) is 14.9. The van der Waals surface area contributed by atoms with Gasteiger partial charge in [-0.1, -0.05) is 12.1 Å². The van der Waals surface area contributed by atoms with Gasteiger partial charge in [-0.3, -0.25) is 4.79 Å². The molecule has 1 atom stereocenters. The molecule has 0 spiro atoms. The minimum atomic E-state index is 0.145.